The summed E-state index contributed by atoms with van der Waals surface area (Å²) in [5, 5.41) is 9.42. The van der Waals surface area contributed by atoms with Crippen molar-refractivity contribution in [1.29, 1.82) is 0 Å². The quantitative estimate of drug-likeness (QED) is 0.526. The lowest BCUT2D eigenvalue weighted by atomic mass is 10.3. The molecule has 0 heterocycles. The summed E-state index contributed by atoms with van der Waals surface area (Å²) in [6.45, 7) is 1.71. The van der Waals surface area contributed by atoms with Gasteiger partial charge in [0.05, 0.1) is 0 Å². The number of halogens is 3. The number of aliphatic hydroxyl groups excluding tert-OH is 1. The number of rotatable bonds is 9. The van der Waals surface area contributed by atoms with Crippen molar-refractivity contribution in [2.75, 3.05) is 19.8 Å². The van der Waals surface area contributed by atoms with Gasteiger partial charge in [-0.05, 0) is 12.1 Å². The van der Waals surface area contributed by atoms with Gasteiger partial charge in [0.15, 0.2) is 6.61 Å². The highest BCUT2D eigenvalue weighted by Crippen LogP contribution is 2.25. The van der Waals surface area contributed by atoms with Crippen LogP contribution in [0.3, 0.4) is 0 Å². The number of carbonyl (C=O) groups excluding carboxylic acids is 2. The van der Waals surface area contributed by atoms with E-state index in [9.17, 15) is 27.9 Å². The summed E-state index contributed by atoms with van der Waals surface area (Å²) in [5.74, 6) is -2.16. The summed E-state index contributed by atoms with van der Waals surface area (Å²) in [6, 6.07) is 4.59. The minimum Gasteiger partial charge on any atom is -0.482 e. The van der Waals surface area contributed by atoms with Crippen LogP contribution in [0.1, 0.15) is 0 Å². The third kappa shape index (κ3) is 9.20. The first kappa shape index (κ1) is 20.3. The van der Waals surface area contributed by atoms with Gasteiger partial charge in [-0.2, -0.15) is 0 Å². The Morgan fingerprint density at radius 2 is 1.84 bits per heavy atom. The average Bonchev–Trinajstić information content (AvgIpc) is 2.54. The molecule has 10 heteroatoms. The van der Waals surface area contributed by atoms with Gasteiger partial charge in [0, 0.05) is 12.1 Å². The summed E-state index contributed by atoms with van der Waals surface area (Å²) >= 11 is 0. The van der Waals surface area contributed by atoms with Crippen LogP contribution in [0.15, 0.2) is 36.9 Å². The molecular weight excluding hydrogens is 349 g/mol. The molecular formula is C15H15F3O7. The maximum atomic E-state index is 12.1. The van der Waals surface area contributed by atoms with Gasteiger partial charge in [-0.25, -0.2) is 9.59 Å². The zero-order valence-corrected chi connectivity index (χ0v) is 12.8. The topological polar surface area (TPSA) is 91.3 Å². The predicted molar refractivity (Wildman–Crippen MR) is 76.7 cm³/mol. The molecule has 0 amide bonds. The molecule has 25 heavy (non-hydrogen) atoms. The van der Waals surface area contributed by atoms with Crippen LogP contribution in [-0.2, 0) is 19.1 Å². The Morgan fingerprint density at radius 1 is 1.20 bits per heavy atom. The SMILES string of the molecule is C=CC(=O)OCC(O)COC(=O)COc1cccc(OC(F)(F)F)c1. The third-order valence-electron chi connectivity index (χ3n) is 2.42. The highest BCUT2D eigenvalue weighted by atomic mass is 19.4. The first-order valence-corrected chi connectivity index (χ1v) is 6.81. The van der Waals surface area contributed by atoms with E-state index >= 15 is 0 Å². The van der Waals surface area contributed by atoms with Crippen LogP contribution in [-0.4, -0.2) is 49.3 Å². The number of esters is 2. The Balaban J connectivity index is 2.35. The first-order chi connectivity index (χ1) is 11.7. The Bertz CT molecular complexity index is 601. The van der Waals surface area contributed by atoms with E-state index in [1.165, 1.54) is 12.1 Å². The normalized spacial score (nSPS) is 12.0. The molecule has 0 aliphatic heterocycles. The van der Waals surface area contributed by atoms with Crippen LogP contribution in [0.2, 0.25) is 0 Å². The minimum absolute atomic E-state index is 0.0424. The van der Waals surface area contributed by atoms with E-state index in [-0.39, 0.29) is 5.75 Å². The molecule has 1 atom stereocenters. The largest absolute Gasteiger partial charge is 0.573 e. The molecule has 0 bridgehead atoms. The average molecular weight is 364 g/mol. The number of aliphatic hydroxyl groups is 1. The van der Waals surface area contributed by atoms with E-state index in [0.29, 0.717) is 0 Å². The molecule has 138 valence electrons. The van der Waals surface area contributed by atoms with Crippen LogP contribution in [0.25, 0.3) is 0 Å². The third-order valence-corrected chi connectivity index (χ3v) is 2.42. The lowest BCUT2D eigenvalue weighted by molar-refractivity contribution is -0.274. The second-order valence-electron chi connectivity index (χ2n) is 4.48. The fraction of sp³-hybridized carbons (Fsp3) is 0.333. The highest BCUT2D eigenvalue weighted by molar-refractivity contribution is 5.81. The van der Waals surface area contributed by atoms with Crippen LogP contribution in [0, 0.1) is 0 Å². The van der Waals surface area contributed by atoms with Gasteiger partial charge in [0.25, 0.3) is 0 Å². The van der Waals surface area contributed by atoms with Gasteiger partial charge < -0.3 is 24.1 Å². The van der Waals surface area contributed by atoms with Gasteiger partial charge >= 0.3 is 18.3 Å². The van der Waals surface area contributed by atoms with Crippen LogP contribution in [0.4, 0.5) is 13.2 Å². The van der Waals surface area contributed by atoms with E-state index < -0.39 is 50.0 Å². The van der Waals surface area contributed by atoms with E-state index in [0.717, 1.165) is 18.2 Å². The molecule has 0 saturated carbocycles. The van der Waals surface area contributed by atoms with Gasteiger partial charge in [0.2, 0.25) is 0 Å². The van der Waals surface area contributed by atoms with E-state index in [1.807, 2.05) is 0 Å². The Hall–Kier alpha value is -2.75. The molecule has 1 unspecified atom stereocenters. The lowest BCUT2D eigenvalue weighted by Gasteiger charge is -2.12. The molecule has 0 aliphatic carbocycles. The van der Waals surface area contributed by atoms with E-state index in [2.05, 4.69) is 20.8 Å². The van der Waals surface area contributed by atoms with Crippen molar-refractivity contribution in [2.45, 2.75) is 12.5 Å². The molecule has 0 fully saturated rings. The van der Waals surface area contributed by atoms with Crippen LogP contribution < -0.4 is 9.47 Å². The fourth-order valence-corrected chi connectivity index (χ4v) is 1.42. The Kier molecular flexibility index (Phi) is 7.73. The summed E-state index contributed by atoms with van der Waals surface area (Å²) in [7, 11) is 0. The summed E-state index contributed by atoms with van der Waals surface area (Å²) in [4.78, 5) is 22.2. The van der Waals surface area contributed by atoms with Gasteiger partial charge in [-0.1, -0.05) is 12.6 Å². The number of benzene rings is 1. The van der Waals surface area contributed by atoms with Crippen molar-refractivity contribution >= 4 is 11.9 Å². The molecule has 7 nitrogen and oxygen atoms in total. The zero-order chi connectivity index (χ0) is 18.9. The summed E-state index contributed by atoms with van der Waals surface area (Å²) in [6.07, 6.45) is -5.18. The molecule has 0 aliphatic rings. The van der Waals surface area contributed by atoms with Gasteiger partial charge in [-0.15, -0.1) is 13.2 Å². The maximum absolute atomic E-state index is 12.1. The van der Waals surface area contributed by atoms with Crippen LogP contribution in [0.5, 0.6) is 11.5 Å². The fourth-order valence-electron chi connectivity index (χ4n) is 1.42. The number of hydrogen-bond donors (Lipinski definition) is 1. The monoisotopic (exact) mass is 364 g/mol. The highest BCUT2D eigenvalue weighted by Gasteiger charge is 2.31. The van der Waals surface area contributed by atoms with Gasteiger partial charge in [0.1, 0.15) is 30.8 Å². The first-order valence-electron chi connectivity index (χ1n) is 6.81. The van der Waals surface area contributed by atoms with E-state index in [1.54, 1.807) is 0 Å². The minimum atomic E-state index is -4.84. The molecule has 0 spiro atoms. The van der Waals surface area contributed by atoms with Crippen molar-refractivity contribution in [3.05, 3.63) is 36.9 Å². The van der Waals surface area contributed by atoms with Crippen molar-refractivity contribution in [3.63, 3.8) is 0 Å². The summed E-state index contributed by atoms with van der Waals surface area (Å²) < 4.78 is 54.2. The Morgan fingerprint density at radius 3 is 2.48 bits per heavy atom. The van der Waals surface area contributed by atoms with Gasteiger partial charge in [-0.3, -0.25) is 0 Å². The standard InChI is InChI=1S/C15H15F3O7/c1-2-13(20)23-7-10(19)8-24-14(21)9-22-11-4-3-5-12(6-11)25-15(16,17)18/h2-6,10,19H,1,7-9H2. The van der Waals surface area contributed by atoms with Crippen molar-refractivity contribution in [2.24, 2.45) is 0 Å². The molecule has 1 aromatic carbocycles. The van der Waals surface area contributed by atoms with Crippen LogP contribution >= 0.6 is 0 Å². The summed E-state index contributed by atoms with van der Waals surface area (Å²) in [5.41, 5.74) is 0. The lowest BCUT2D eigenvalue weighted by Crippen LogP contribution is -2.26. The van der Waals surface area contributed by atoms with E-state index in [4.69, 9.17) is 4.74 Å². The molecule has 0 saturated heterocycles. The van der Waals surface area contributed by atoms with Crippen molar-refractivity contribution < 1.29 is 46.8 Å². The van der Waals surface area contributed by atoms with Crippen molar-refractivity contribution in [3.8, 4) is 11.5 Å². The molecule has 1 aromatic rings. The number of carbonyl (C=O) groups is 2. The predicted octanol–water partition coefficient (Wildman–Crippen LogP) is 1.60. The molecule has 1 rings (SSSR count). The second-order valence-corrected chi connectivity index (χ2v) is 4.48. The maximum Gasteiger partial charge on any atom is 0.573 e. The Labute approximate surface area is 140 Å². The second kappa shape index (κ2) is 9.52. The molecule has 0 aromatic heterocycles. The zero-order valence-electron chi connectivity index (χ0n) is 12.8. The number of ether oxygens (including phenoxy) is 4. The van der Waals surface area contributed by atoms with Crippen molar-refractivity contribution in [1.82, 2.24) is 0 Å². The molecule has 1 N–H and O–H groups in total. The smallest absolute Gasteiger partial charge is 0.482 e. The number of alkyl halides is 3. The number of hydrogen-bond acceptors (Lipinski definition) is 7. The molecule has 0 radical (unpaired) electrons.